The number of nitrogens with zero attached hydrogens (tertiary/aromatic N) is 3. The maximum absolute atomic E-state index is 11.6. The number of hydrogen-bond donors (Lipinski definition) is 1. The van der Waals surface area contributed by atoms with Crippen molar-refractivity contribution < 1.29 is 14.3 Å². The Hall–Kier alpha value is -2.15. The molecule has 0 saturated heterocycles. The number of carbonyl (C=O) groups is 1. The van der Waals surface area contributed by atoms with E-state index < -0.39 is 0 Å². The number of anilines is 1. The molecule has 1 heterocycles. The fourth-order valence-corrected chi connectivity index (χ4v) is 1.21. The van der Waals surface area contributed by atoms with E-state index in [4.69, 9.17) is 15.2 Å². The van der Waals surface area contributed by atoms with Gasteiger partial charge in [-0.15, -0.1) is 0 Å². The highest BCUT2D eigenvalue weighted by atomic mass is 16.5. The van der Waals surface area contributed by atoms with Crippen molar-refractivity contribution in [3.63, 3.8) is 0 Å². The van der Waals surface area contributed by atoms with E-state index in [0.29, 0.717) is 25.5 Å². The highest BCUT2D eigenvalue weighted by molar-refractivity contribution is 5.87. The van der Waals surface area contributed by atoms with Crippen LogP contribution in [0.25, 0.3) is 0 Å². The molecule has 0 radical (unpaired) electrons. The maximum atomic E-state index is 11.6. The standard InChI is InChI=1S/C12H18N4O3/c1-16(11(17)4-3-6-18-2)5-7-19-10-8-14-9-15-12(10)13/h3-4,8-9H,5-7H2,1-2H3,(H2,13,14,15). The Labute approximate surface area is 112 Å². The SMILES string of the molecule is COCC=CC(=O)N(C)CCOc1cncnc1N. The molecule has 0 aliphatic rings. The minimum Gasteiger partial charge on any atom is -0.486 e. The molecule has 19 heavy (non-hydrogen) atoms. The normalized spacial score (nSPS) is 10.6. The largest absolute Gasteiger partial charge is 0.486 e. The summed E-state index contributed by atoms with van der Waals surface area (Å²) >= 11 is 0. The zero-order valence-electron chi connectivity index (χ0n) is 11.1. The summed E-state index contributed by atoms with van der Waals surface area (Å²) in [5.41, 5.74) is 5.60. The van der Waals surface area contributed by atoms with Gasteiger partial charge in [-0.2, -0.15) is 0 Å². The summed E-state index contributed by atoms with van der Waals surface area (Å²) in [5, 5.41) is 0. The van der Waals surface area contributed by atoms with Crippen LogP contribution in [-0.2, 0) is 9.53 Å². The minimum absolute atomic E-state index is 0.113. The molecule has 0 bridgehead atoms. The molecule has 1 aromatic rings. The molecule has 0 unspecified atom stereocenters. The fourth-order valence-electron chi connectivity index (χ4n) is 1.21. The molecule has 2 N–H and O–H groups in total. The van der Waals surface area contributed by atoms with Crippen molar-refractivity contribution in [1.82, 2.24) is 14.9 Å². The average molecular weight is 266 g/mol. The summed E-state index contributed by atoms with van der Waals surface area (Å²) in [6, 6.07) is 0. The van der Waals surface area contributed by atoms with Crippen molar-refractivity contribution in [1.29, 1.82) is 0 Å². The number of ether oxygens (including phenoxy) is 2. The monoisotopic (exact) mass is 266 g/mol. The van der Waals surface area contributed by atoms with Crippen LogP contribution in [0.3, 0.4) is 0 Å². The highest BCUT2D eigenvalue weighted by Crippen LogP contribution is 2.14. The molecule has 0 aromatic carbocycles. The number of likely N-dealkylation sites (N-methyl/N-ethyl adjacent to an activating group) is 1. The van der Waals surface area contributed by atoms with E-state index in [0.717, 1.165) is 0 Å². The second kappa shape index (κ2) is 8.04. The Bertz CT molecular complexity index is 437. The first-order valence-electron chi connectivity index (χ1n) is 5.74. The molecule has 0 aliphatic carbocycles. The number of methoxy groups -OCH3 is 1. The van der Waals surface area contributed by atoms with Crippen molar-refractivity contribution in [3.05, 3.63) is 24.7 Å². The number of nitrogens with two attached hydrogens (primary N) is 1. The van der Waals surface area contributed by atoms with Crippen molar-refractivity contribution >= 4 is 11.7 Å². The van der Waals surface area contributed by atoms with Crippen LogP contribution in [0.1, 0.15) is 0 Å². The maximum Gasteiger partial charge on any atom is 0.246 e. The van der Waals surface area contributed by atoms with Crippen LogP contribution in [-0.4, -0.2) is 54.7 Å². The molecular formula is C12H18N4O3. The average Bonchev–Trinajstić information content (AvgIpc) is 2.41. The lowest BCUT2D eigenvalue weighted by molar-refractivity contribution is -0.125. The summed E-state index contributed by atoms with van der Waals surface area (Å²) in [4.78, 5) is 20.7. The molecule has 0 atom stereocenters. The van der Waals surface area contributed by atoms with Gasteiger partial charge < -0.3 is 20.1 Å². The molecule has 7 nitrogen and oxygen atoms in total. The molecule has 0 aliphatic heterocycles. The first-order valence-corrected chi connectivity index (χ1v) is 5.74. The van der Waals surface area contributed by atoms with Crippen LogP contribution in [0, 0.1) is 0 Å². The second-order valence-corrected chi connectivity index (χ2v) is 3.74. The molecule has 1 rings (SSSR count). The molecule has 0 fully saturated rings. The number of aromatic nitrogens is 2. The lowest BCUT2D eigenvalue weighted by Crippen LogP contribution is -2.29. The summed E-state index contributed by atoms with van der Waals surface area (Å²) in [5.74, 6) is 0.583. The van der Waals surface area contributed by atoms with Crippen LogP contribution >= 0.6 is 0 Å². The Morgan fingerprint density at radius 2 is 2.37 bits per heavy atom. The topological polar surface area (TPSA) is 90.6 Å². The van der Waals surface area contributed by atoms with E-state index in [2.05, 4.69) is 9.97 Å². The Morgan fingerprint density at radius 1 is 1.58 bits per heavy atom. The van der Waals surface area contributed by atoms with Gasteiger partial charge in [-0.1, -0.05) is 6.08 Å². The Kier molecular flexibility index (Phi) is 6.31. The summed E-state index contributed by atoms with van der Waals surface area (Å²) < 4.78 is 10.2. The van der Waals surface area contributed by atoms with Crippen molar-refractivity contribution in [2.75, 3.05) is 39.6 Å². The first kappa shape index (κ1) is 14.9. The molecule has 104 valence electrons. The Balaban J connectivity index is 2.33. The van der Waals surface area contributed by atoms with Crippen LogP contribution in [0.5, 0.6) is 5.75 Å². The number of nitrogen functional groups attached to an aromatic ring is 1. The first-order chi connectivity index (χ1) is 9.15. The number of carbonyl (C=O) groups excluding carboxylic acids is 1. The third kappa shape index (κ3) is 5.35. The summed E-state index contributed by atoms with van der Waals surface area (Å²) in [7, 11) is 3.26. The van der Waals surface area contributed by atoms with Gasteiger partial charge in [-0.3, -0.25) is 4.79 Å². The van der Waals surface area contributed by atoms with E-state index in [-0.39, 0.29) is 11.7 Å². The van der Waals surface area contributed by atoms with E-state index >= 15 is 0 Å². The Morgan fingerprint density at radius 3 is 3.05 bits per heavy atom. The molecule has 7 heteroatoms. The van der Waals surface area contributed by atoms with Crippen molar-refractivity contribution in [3.8, 4) is 5.75 Å². The number of hydrogen-bond acceptors (Lipinski definition) is 6. The predicted octanol–water partition coefficient (Wildman–Crippen LogP) is 0.0986. The van der Waals surface area contributed by atoms with E-state index in [9.17, 15) is 4.79 Å². The van der Waals surface area contributed by atoms with E-state index in [1.165, 1.54) is 23.5 Å². The van der Waals surface area contributed by atoms with Crippen molar-refractivity contribution in [2.45, 2.75) is 0 Å². The molecule has 0 spiro atoms. The molecule has 0 saturated carbocycles. The minimum atomic E-state index is -0.113. The lowest BCUT2D eigenvalue weighted by Gasteiger charge is -2.15. The van der Waals surface area contributed by atoms with Gasteiger partial charge in [0.1, 0.15) is 12.9 Å². The third-order valence-corrected chi connectivity index (χ3v) is 2.29. The van der Waals surface area contributed by atoms with Gasteiger partial charge in [-0.25, -0.2) is 9.97 Å². The number of amides is 1. The zero-order chi connectivity index (χ0) is 14.1. The fraction of sp³-hybridized carbons (Fsp3) is 0.417. The highest BCUT2D eigenvalue weighted by Gasteiger charge is 2.06. The number of rotatable bonds is 7. The van der Waals surface area contributed by atoms with Crippen LogP contribution in [0.2, 0.25) is 0 Å². The van der Waals surface area contributed by atoms with Gasteiger partial charge in [0.05, 0.1) is 19.3 Å². The van der Waals surface area contributed by atoms with Crippen molar-refractivity contribution in [2.24, 2.45) is 0 Å². The second-order valence-electron chi connectivity index (χ2n) is 3.74. The lowest BCUT2D eigenvalue weighted by atomic mass is 10.4. The quantitative estimate of drug-likeness (QED) is 0.704. The van der Waals surface area contributed by atoms with Crippen LogP contribution in [0.4, 0.5) is 5.82 Å². The van der Waals surface area contributed by atoms with E-state index in [1.54, 1.807) is 20.2 Å². The molecular weight excluding hydrogens is 248 g/mol. The van der Waals surface area contributed by atoms with Gasteiger partial charge in [0, 0.05) is 20.2 Å². The molecule has 1 amide bonds. The third-order valence-electron chi connectivity index (χ3n) is 2.29. The van der Waals surface area contributed by atoms with Crippen LogP contribution in [0.15, 0.2) is 24.7 Å². The van der Waals surface area contributed by atoms with Gasteiger partial charge in [0.15, 0.2) is 11.6 Å². The van der Waals surface area contributed by atoms with Gasteiger partial charge in [0.2, 0.25) is 5.91 Å². The van der Waals surface area contributed by atoms with Gasteiger partial charge >= 0.3 is 0 Å². The molecule has 1 aromatic heterocycles. The van der Waals surface area contributed by atoms with E-state index in [1.807, 2.05) is 0 Å². The van der Waals surface area contributed by atoms with Gasteiger partial charge in [0.25, 0.3) is 0 Å². The summed E-state index contributed by atoms with van der Waals surface area (Å²) in [6.45, 7) is 1.16. The smallest absolute Gasteiger partial charge is 0.246 e. The zero-order valence-corrected chi connectivity index (χ0v) is 11.1. The van der Waals surface area contributed by atoms with Gasteiger partial charge in [-0.05, 0) is 0 Å². The predicted molar refractivity (Wildman–Crippen MR) is 70.6 cm³/mol. The summed E-state index contributed by atoms with van der Waals surface area (Å²) in [6.07, 6.45) is 5.95. The van der Waals surface area contributed by atoms with Crippen LogP contribution < -0.4 is 10.5 Å².